The minimum atomic E-state index is -4.44. The Kier molecular flexibility index (Phi) is 6.76. The Morgan fingerprint density at radius 3 is 2.47 bits per heavy atom. The summed E-state index contributed by atoms with van der Waals surface area (Å²) < 4.78 is 57.8. The zero-order valence-corrected chi connectivity index (χ0v) is 17.2. The number of halogens is 4. The van der Waals surface area contributed by atoms with E-state index in [9.17, 15) is 17.6 Å². The number of aromatic nitrogens is 2. The van der Waals surface area contributed by atoms with Crippen LogP contribution in [0.1, 0.15) is 19.4 Å². The van der Waals surface area contributed by atoms with Gasteiger partial charge >= 0.3 is 6.18 Å². The van der Waals surface area contributed by atoms with Gasteiger partial charge in [0.05, 0.1) is 17.9 Å². The van der Waals surface area contributed by atoms with Crippen LogP contribution in [0.3, 0.4) is 0 Å². The van der Waals surface area contributed by atoms with Gasteiger partial charge < -0.3 is 21.1 Å². The summed E-state index contributed by atoms with van der Waals surface area (Å²) in [6.07, 6.45) is -4.44. The van der Waals surface area contributed by atoms with Gasteiger partial charge in [0, 0.05) is 18.7 Å². The van der Waals surface area contributed by atoms with Crippen molar-refractivity contribution in [3.05, 3.63) is 59.9 Å². The highest BCUT2D eigenvalue weighted by molar-refractivity contribution is 5.82. The monoisotopic (exact) mass is 448 g/mol. The maximum Gasteiger partial charge on any atom is 0.416 e. The van der Waals surface area contributed by atoms with Crippen LogP contribution in [0, 0.1) is 5.82 Å². The van der Waals surface area contributed by atoms with Crippen LogP contribution in [0.2, 0.25) is 0 Å². The van der Waals surface area contributed by atoms with Crippen molar-refractivity contribution in [2.75, 3.05) is 23.0 Å². The molecule has 0 bridgehead atoms. The van der Waals surface area contributed by atoms with Gasteiger partial charge in [-0.25, -0.2) is 9.38 Å². The molecule has 3 aromatic rings. The van der Waals surface area contributed by atoms with E-state index in [1.165, 1.54) is 30.3 Å². The molecule has 0 aliphatic rings. The van der Waals surface area contributed by atoms with E-state index in [0.717, 1.165) is 12.1 Å². The number of nitrogens with one attached hydrogen (secondary N) is 2. The van der Waals surface area contributed by atoms with E-state index in [4.69, 9.17) is 10.5 Å². The lowest BCUT2D eigenvalue weighted by molar-refractivity contribution is -0.137. The molecule has 2 aromatic carbocycles. The van der Waals surface area contributed by atoms with E-state index in [-0.39, 0.29) is 29.2 Å². The molecule has 0 aliphatic carbocycles. The molecule has 0 saturated heterocycles. The van der Waals surface area contributed by atoms with Gasteiger partial charge in [0.1, 0.15) is 17.3 Å². The van der Waals surface area contributed by atoms with Crippen molar-refractivity contribution in [3.8, 4) is 0 Å². The van der Waals surface area contributed by atoms with Crippen LogP contribution in [0.15, 0.2) is 53.5 Å². The first-order valence-electron chi connectivity index (χ1n) is 9.48. The Hall–Kier alpha value is -3.89. The highest BCUT2D eigenvalue weighted by Crippen LogP contribution is 2.32. The normalized spacial score (nSPS) is 11.9. The fraction of sp³-hybridized carbons (Fsp3) is 0.190. The molecule has 0 fully saturated rings. The summed E-state index contributed by atoms with van der Waals surface area (Å²) in [5.74, 6) is 0.0674. The van der Waals surface area contributed by atoms with E-state index in [0.29, 0.717) is 18.0 Å². The Balaban J connectivity index is 1.86. The molecule has 0 amide bonds. The summed E-state index contributed by atoms with van der Waals surface area (Å²) >= 11 is 0. The first-order chi connectivity index (χ1) is 15.2. The summed E-state index contributed by atoms with van der Waals surface area (Å²) in [4.78, 5) is 12.4. The molecule has 7 nitrogen and oxygen atoms in total. The Bertz CT molecular complexity index is 1120. The molecule has 0 unspecified atom stereocenters. The number of hydrogen-bond acceptors (Lipinski definition) is 7. The van der Waals surface area contributed by atoms with Gasteiger partial charge in [0.2, 0.25) is 5.95 Å². The molecule has 32 heavy (non-hydrogen) atoms. The third-order valence-electron chi connectivity index (χ3n) is 4.09. The van der Waals surface area contributed by atoms with E-state index in [1.807, 2.05) is 0 Å². The smallest absolute Gasteiger partial charge is 0.416 e. The van der Waals surface area contributed by atoms with Gasteiger partial charge in [-0.15, -0.1) is 0 Å². The second-order valence-electron chi connectivity index (χ2n) is 6.53. The highest BCUT2D eigenvalue weighted by Gasteiger charge is 2.29. The molecule has 1 heterocycles. The second kappa shape index (κ2) is 9.50. The molecule has 0 saturated carbocycles. The van der Waals surface area contributed by atoms with Gasteiger partial charge in [-0.1, -0.05) is 6.07 Å². The fourth-order valence-electron chi connectivity index (χ4n) is 2.72. The van der Waals surface area contributed by atoms with Crippen molar-refractivity contribution >= 4 is 40.5 Å². The maximum absolute atomic E-state index is 14.4. The molecule has 0 aliphatic heterocycles. The van der Waals surface area contributed by atoms with Crippen LogP contribution in [-0.4, -0.2) is 22.5 Å². The predicted molar refractivity (Wildman–Crippen MR) is 115 cm³/mol. The quantitative estimate of drug-likeness (QED) is 0.251. The van der Waals surface area contributed by atoms with Crippen molar-refractivity contribution in [1.82, 2.24) is 9.97 Å². The van der Waals surface area contributed by atoms with Crippen LogP contribution in [-0.2, 0) is 10.9 Å². The Morgan fingerprint density at radius 2 is 1.81 bits per heavy atom. The van der Waals surface area contributed by atoms with Gasteiger partial charge in [0.25, 0.3) is 0 Å². The summed E-state index contributed by atoms with van der Waals surface area (Å²) in [7, 11) is 0. The molecule has 4 N–H and O–H groups in total. The maximum atomic E-state index is 14.4. The lowest BCUT2D eigenvalue weighted by Crippen LogP contribution is -2.06. The Morgan fingerprint density at radius 1 is 1.09 bits per heavy atom. The average Bonchev–Trinajstić information content (AvgIpc) is 2.70. The second-order valence-corrected chi connectivity index (χ2v) is 6.53. The minimum Gasteiger partial charge on any atom is -0.481 e. The largest absolute Gasteiger partial charge is 0.481 e. The third kappa shape index (κ3) is 5.84. The third-order valence-corrected chi connectivity index (χ3v) is 4.09. The number of rotatable bonds is 6. The number of anilines is 5. The molecule has 11 heteroatoms. The summed E-state index contributed by atoms with van der Waals surface area (Å²) in [6.45, 7) is 3.77. The summed E-state index contributed by atoms with van der Waals surface area (Å²) in [6, 6.07) is 10.1. The molecule has 0 radical (unpaired) electrons. The lowest BCUT2D eigenvalue weighted by Gasteiger charge is -2.13. The topological polar surface area (TPSA) is 97.5 Å². The van der Waals surface area contributed by atoms with Crippen molar-refractivity contribution in [1.29, 1.82) is 0 Å². The zero-order valence-electron chi connectivity index (χ0n) is 17.2. The number of aliphatic imine (C=N–C) groups is 1. The van der Waals surface area contributed by atoms with Crippen molar-refractivity contribution in [3.63, 3.8) is 0 Å². The van der Waals surface area contributed by atoms with Gasteiger partial charge in [-0.3, -0.25) is 0 Å². The number of benzene rings is 2. The van der Waals surface area contributed by atoms with Crippen LogP contribution in [0.25, 0.3) is 0 Å². The first-order valence-corrected chi connectivity index (χ1v) is 9.48. The molecule has 1 aromatic heterocycles. The van der Waals surface area contributed by atoms with Gasteiger partial charge in [0.15, 0.2) is 11.7 Å². The molecule has 168 valence electrons. The zero-order chi connectivity index (χ0) is 23.3. The number of ether oxygens (including phenoxy) is 1. The van der Waals surface area contributed by atoms with Gasteiger partial charge in [-0.05, 0) is 43.3 Å². The van der Waals surface area contributed by atoms with E-state index in [1.54, 1.807) is 19.9 Å². The number of nitrogens with zero attached hydrogens (tertiary/aromatic N) is 3. The molecule has 0 atom stereocenters. The molecular formula is C21H20F4N6O. The first kappa shape index (κ1) is 22.8. The average molecular weight is 448 g/mol. The molecule has 3 rings (SSSR count). The van der Waals surface area contributed by atoms with E-state index >= 15 is 0 Å². The SMILES string of the molecule is CCOC(C)=Nc1c(F)cccc1Nc1cc(N)nc(Nc2ccc(C(F)(F)F)cc2)n1. The molecule has 0 spiro atoms. The number of nitrogen functional groups attached to an aromatic ring is 1. The number of para-hydroxylation sites is 1. The lowest BCUT2D eigenvalue weighted by atomic mass is 10.2. The molecular weight excluding hydrogens is 428 g/mol. The van der Waals surface area contributed by atoms with Crippen LogP contribution < -0.4 is 16.4 Å². The van der Waals surface area contributed by atoms with Crippen molar-refractivity contribution in [2.45, 2.75) is 20.0 Å². The fourth-order valence-corrected chi connectivity index (χ4v) is 2.72. The van der Waals surface area contributed by atoms with Crippen molar-refractivity contribution in [2.24, 2.45) is 4.99 Å². The van der Waals surface area contributed by atoms with Gasteiger partial charge in [-0.2, -0.15) is 23.1 Å². The van der Waals surface area contributed by atoms with Crippen LogP contribution in [0.4, 0.5) is 52.2 Å². The highest BCUT2D eigenvalue weighted by atomic mass is 19.4. The van der Waals surface area contributed by atoms with Crippen molar-refractivity contribution < 1.29 is 22.3 Å². The van der Waals surface area contributed by atoms with Crippen LogP contribution in [0.5, 0.6) is 0 Å². The number of nitrogens with two attached hydrogens (primary N) is 1. The Labute approximate surface area is 181 Å². The standard InChI is InChI=1S/C21H20F4N6O/c1-3-32-12(2)27-19-15(22)5-4-6-16(19)29-18-11-17(26)30-20(31-18)28-14-9-7-13(8-10-14)21(23,24)25/h4-11H,3H2,1-2H3,(H4,26,28,29,30,31). The van der Waals surface area contributed by atoms with Crippen LogP contribution >= 0.6 is 0 Å². The number of hydrogen-bond donors (Lipinski definition) is 3. The number of alkyl halides is 3. The predicted octanol–water partition coefficient (Wildman–Crippen LogP) is 5.79. The van der Waals surface area contributed by atoms with E-state index in [2.05, 4.69) is 25.6 Å². The minimum absolute atomic E-state index is 0.0212. The van der Waals surface area contributed by atoms with E-state index < -0.39 is 17.6 Å². The summed E-state index contributed by atoms with van der Waals surface area (Å²) in [5, 5.41) is 5.73. The summed E-state index contributed by atoms with van der Waals surface area (Å²) in [5.41, 5.74) is 5.72.